The van der Waals surface area contributed by atoms with E-state index in [1.54, 1.807) is 0 Å². The molecule has 0 amide bonds. The third kappa shape index (κ3) is 3.30. The van der Waals surface area contributed by atoms with Gasteiger partial charge in [0.05, 0.1) is 0 Å². The molecule has 6 aliphatic rings. The fourth-order valence-corrected chi connectivity index (χ4v) is 18.0. The van der Waals surface area contributed by atoms with E-state index in [4.69, 9.17) is 4.12 Å². The molecule has 6 rings (SSSR count). The average Bonchev–Trinajstić information content (AvgIpc) is 3.72. The molecule has 0 bridgehead atoms. The van der Waals surface area contributed by atoms with Crippen molar-refractivity contribution in [3.63, 3.8) is 0 Å². The second-order valence-corrected chi connectivity index (χ2v) is 16.8. The van der Waals surface area contributed by atoms with Gasteiger partial charge in [-0.15, -0.1) is 0 Å². The molecule has 0 aromatic heterocycles. The van der Waals surface area contributed by atoms with Crippen LogP contribution in [0.5, 0.6) is 0 Å². The first kappa shape index (κ1) is 20.9. The minimum atomic E-state index is -2.58. The molecule has 1 nitrogen and oxygen atoms in total. The molecule has 6 aliphatic carbocycles. The molecule has 0 heterocycles. The smallest absolute Gasteiger partial charge is 0.267 e. The van der Waals surface area contributed by atoms with Crippen LogP contribution in [0.1, 0.15) is 38.5 Å². The Morgan fingerprint density at radius 3 is 0.727 bits per heavy atom. The van der Waals surface area contributed by atoms with Crippen LogP contribution in [0.4, 0.5) is 0 Å². The third-order valence-corrected chi connectivity index (χ3v) is 17.7. The highest BCUT2D eigenvalue weighted by Gasteiger charge is 2.56. The minimum Gasteiger partial charge on any atom is -0.436 e. The number of allylic oxidation sites excluding steroid dienone is 24. The summed E-state index contributed by atoms with van der Waals surface area (Å²) in [5.41, 5.74) is 0. The quantitative estimate of drug-likeness (QED) is 0.340. The van der Waals surface area contributed by atoms with Gasteiger partial charge in [0, 0.05) is 0 Å². The zero-order chi connectivity index (χ0) is 22.1. The number of hydrogen-bond acceptors (Lipinski definition) is 1. The van der Waals surface area contributed by atoms with Crippen LogP contribution >= 0.6 is 0 Å². The van der Waals surface area contributed by atoms with Crippen molar-refractivity contribution < 1.29 is 4.12 Å². The molecule has 3 heteroatoms. The summed E-state index contributed by atoms with van der Waals surface area (Å²) in [4.78, 5) is 0. The Bertz CT molecular complexity index is 989. The molecule has 0 N–H and O–H groups in total. The predicted molar refractivity (Wildman–Crippen MR) is 144 cm³/mol. The van der Waals surface area contributed by atoms with E-state index in [-0.39, 0.29) is 0 Å². The molecule has 0 fully saturated rings. The van der Waals surface area contributed by atoms with Crippen LogP contribution in [0.15, 0.2) is 141 Å². The fourth-order valence-electron chi connectivity index (χ4n) is 6.11. The lowest BCUT2D eigenvalue weighted by molar-refractivity contribution is 0.560. The molecule has 164 valence electrons. The maximum Gasteiger partial charge on any atom is 0.267 e. The lowest BCUT2D eigenvalue weighted by Gasteiger charge is -2.47. The van der Waals surface area contributed by atoms with E-state index in [1.165, 1.54) is 31.2 Å². The van der Waals surface area contributed by atoms with Crippen LogP contribution in [-0.2, 0) is 4.12 Å². The van der Waals surface area contributed by atoms with Gasteiger partial charge >= 0.3 is 0 Å². The Balaban J connectivity index is 1.58. The molecule has 33 heavy (non-hydrogen) atoms. The van der Waals surface area contributed by atoms with Crippen LogP contribution in [0.25, 0.3) is 0 Å². The second kappa shape index (κ2) is 8.56. The zero-order valence-corrected chi connectivity index (χ0v) is 21.0. The first-order valence-electron chi connectivity index (χ1n) is 12.2. The number of rotatable bonds is 8. The molecule has 0 atom stereocenters. The summed E-state index contributed by atoms with van der Waals surface area (Å²) in [5, 5.41) is 9.13. The Morgan fingerprint density at radius 1 is 0.364 bits per heavy atom. The van der Waals surface area contributed by atoms with Gasteiger partial charge in [-0.3, -0.25) is 0 Å². The van der Waals surface area contributed by atoms with Gasteiger partial charge in [0.15, 0.2) is 0 Å². The van der Waals surface area contributed by atoms with Gasteiger partial charge in [-0.25, -0.2) is 0 Å². The lowest BCUT2D eigenvalue weighted by atomic mass is 10.4. The minimum absolute atomic E-state index is 1.01. The fraction of sp³-hybridized carbons (Fsp3) is 0.200. The lowest BCUT2D eigenvalue weighted by Crippen LogP contribution is -2.58. The predicted octanol–water partition coefficient (Wildman–Crippen LogP) is 7.45. The second-order valence-electron chi connectivity index (χ2n) is 9.41. The van der Waals surface area contributed by atoms with Crippen LogP contribution in [0.2, 0.25) is 0 Å². The van der Waals surface area contributed by atoms with Crippen molar-refractivity contribution in [1.29, 1.82) is 0 Å². The van der Waals surface area contributed by atoms with E-state index in [1.807, 2.05) is 0 Å². The SMILES string of the molecule is C1=CCC([Si](O[Si](C2=CC=CC2)(C2=CC=CC2)C2=CC=CC2)(C2=CC=CC2)C2=CC=CC2)=C1. The topological polar surface area (TPSA) is 9.23 Å². The van der Waals surface area contributed by atoms with E-state index in [0.29, 0.717) is 0 Å². The molecule has 0 aliphatic heterocycles. The van der Waals surface area contributed by atoms with Gasteiger partial charge in [0.2, 0.25) is 0 Å². The number of hydrogen-bond donors (Lipinski definition) is 0. The van der Waals surface area contributed by atoms with Crippen molar-refractivity contribution >= 4 is 16.6 Å². The summed E-state index contributed by atoms with van der Waals surface area (Å²) in [6.07, 6.45) is 47.8. The highest BCUT2D eigenvalue weighted by Crippen LogP contribution is 2.50. The maximum atomic E-state index is 8.16. The molecule has 0 spiro atoms. The molecule has 0 aromatic carbocycles. The van der Waals surface area contributed by atoms with Crippen molar-refractivity contribution in [2.75, 3.05) is 0 Å². The first-order valence-corrected chi connectivity index (χ1v) is 16.0. The summed E-state index contributed by atoms with van der Waals surface area (Å²) in [6.45, 7) is 0. The van der Waals surface area contributed by atoms with Crippen LogP contribution < -0.4 is 0 Å². The van der Waals surface area contributed by atoms with Crippen molar-refractivity contribution in [3.05, 3.63) is 141 Å². The highest BCUT2D eigenvalue weighted by atomic mass is 28.4. The van der Waals surface area contributed by atoms with Crippen molar-refractivity contribution in [3.8, 4) is 0 Å². The Hall–Kier alpha value is -2.73. The monoisotopic (exact) mass is 462 g/mol. The first-order chi connectivity index (χ1) is 16.3. The van der Waals surface area contributed by atoms with E-state index >= 15 is 0 Å². The molecule has 0 aromatic rings. The van der Waals surface area contributed by atoms with Crippen molar-refractivity contribution in [2.24, 2.45) is 0 Å². The molecule has 0 saturated heterocycles. The van der Waals surface area contributed by atoms with Crippen molar-refractivity contribution in [1.82, 2.24) is 0 Å². The van der Waals surface area contributed by atoms with Gasteiger partial charge in [0.1, 0.15) is 0 Å². The summed E-state index contributed by atoms with van der Waals surface area (Å²) in [5.74, 6) is 0. The molecule has 0 unspecified atom stereocenters. The molecular weight excluding hydrogens is 433 g/mol. The largest absolute Gasteiger partial charge is 0.436 e. The zero-order valence-electron chi connectivity index (χ0n) is 19.0. The van der Waals surface area contributed by atoms with Crippen LogP contribution in [0, 0.1) is 0 Å². The average molecular weight is 463 g/mol. The van der Waals surface area contributed by atoms with E-state index < -0.39 is 16.6 Å². The van der Waals surface area contributed by atoms with E-state index in [9.17, 15) is 0 Å². The van der Waals surface area contributed by atoms with Gasteiger partial charge in [-0.2, -0.15) is 0 Å². The normalized spacial score (nSPS) is 22.9. The standard InChI is InChI=1S/C30H30OSi2/c1-2-14-25(13-1)32(26-15-3-4-16-26,27-17-5-6-18-27)31-33(28-19-7-8-20-28,29-21-9-10-22-29)30-23-11-12-24-30/h1-13,15,17,19,21,23H,14,16,18,20,22,24H2. The van der Waals surface area contributed by atoms with Crippen molar-refractivity contribution in [2.45, 2.75) is 38.5 Å². The van der Waals surface area contributed by atoms with Gasteiger partial charge in [0.25, 0.3) is 16.6 Å². The highest BCUT2D eigenvalue weighted by molar-refractivity contribution is 7.05. The summed E-state index contributed by atoms with van der Waals surface area (Å²) in [6, 6.07) is 0. The molecule has 0 radical (unpaired) electrons. The van der Waals surface area contributed by atoms with Crippen LogP contribution in [-0.4, -0.2) is 16.6 Å². The Kier molecular flexibility index (Phi) is 5.41. The summed E-state index contributed by atoms with van der Waals surface area (Å²) < 4.78 is 8.16. The maximum absolute atomic E-state index is 8.16. The molecule has 0 saturated carbocycles. The third-order valence-electron chi connectivity index (χ3n) is 7.65. The molecular formula is C30H30OSi2. The Labute approximate surface area is 199 Å². The summed E-state index contributed by atoms with van der Waals surface area (Å²) in [7, 11) is -5.17. The van der Waals surface area contributed by atoms with E-state index in [0.717, 1.165) is 38.5 Å². The Morgan fingerprint density at radius 2 is 0.576 bits per heavy atom. The van der Waals surface area contributed by atoms with Gasteiger partial charge in [-0.05, 0) is 69.7 Å². The summed E-state index contributed by atoms with van der Waals surface area (Å²) >= 11 is 0. The van der Waals surface area contributed by atoms with Crippen LogP contribution in [0.3, 0.4) is 0 Å². The van der Waals surface area contributed by atoms with Gasteiger partial charge in [-0.1, -0.05) is 109 Å². The van der Waals surface area contributed by atoms with E-state index in [2.05, 4.69) is 109 Å². The van der Waals surface area contributed by atoms with Gasteiger partial charge < -0.3 is 4.12 Å².